The minimum absolute atomic E-state index is 0.124. The molecule has 1 saturated heterocycles. The number of carboxylic acids is 4. The van der Waals surface area contributed by atoms with Gasteiger partial charge in [0.05, 0.1) is 11.4 Å². The normalized spacial score (nSPS) is 14.5. The summed E-state index contributed by atoms with van der Waals surface area (Å²) in [6.45, 7) is 8.38. The van der Waals surface area contributed by atoms with Crippen LogP contribution in [0.2, 0.25) is 0 Å². The van der Waals surface area contributed by atoms with E-state index in [-0.39, 0.29) is 5.78 Å². The third kappa shape index (κ3) is 12.5. The maximum absolute atomic E-state index is 11.9. The Balaban J connectivity index is 0.000000334. The number of anilines is 2. The molecular weight excluding hydrogens is 578 g/mol. The third-order valence-corrected chi connectivity index (χ3v) is 7.35. The van der Waals surface area contributed by atoms with Gasteiger partial charge in [-0.3, -0.25) is 4.79 Å². The lowest BCUT2D eigenvalue weighted by Crippen LogP contribution is -2.45. The van der Waals surface area contributed by atoms with Crippen LogP contribution in [0.5, 0.6) is 0 Å². The number of carboxylic acid groups (broad SMARTS) is 4. The van der Waals surface area contributed by atoms with Crippen molar-refractivity contribution in [1.82, 2.24) is 9.80 Å². The first-order valence-corrected chi connectivity index (χ1v) is 14.1. The van der Waals surface area contributed by atoms with Gasteiger partial charge in [-0.1, -0.05) is 30.0 Å². The molecule has 13 heteroatoms. The molecule has 4 rings (SSSR count). The number of carbonyl (C=O) groups excluding carboxylic acids is 1. The van der Waals surface area contributed by atoms with Crippen molar-refractivity contribution in [3.05, 3.63) is 72.3 Å². The molecule has 2 aliphatic rings. The summed E-state index contributed by atoms with van der Waals surface area (Å²) in [5.41, 5.74) is 3.22. The van der Waals surface area contributed by atoms with Gasteiger partial charge >= 0.3 is 23.9 Å². The molecule has 0 unspecified atom stereocenters. The fourth-order valence-corrected chi connectivity index (χ4v) is 5.17. The minimum Gasteiger partial charge on any atom is -0.478 e. The van der Waals surface area contributed by atoms with Crippen molar-refractivity contribution in [2.75, 3.05) is 51.2 Å². The van der Waals surface area contributed by atoms with Gasteiger partial charge in [0.25, 0.3) is 0 Å². The van der Waals surface area contributed by atoms with E-state index in [0.717, 1.165) is 51.3 Å². The predicted octanol–water partition coefficient (Wildman–Crippen LogP) is 3.55. The molecule has 0 spiro atoms. The maximum atomic E-state index is 11.9. The number of aliphatic carboxylic acids is 4. The molecule has 2 aromatic rings. The van der Waals surface area contributed by atoms with E-state index in [1.165, 1.54) is 21.2 Å². The molecule has 0 atom stereocenters. The van der Waals surface area contributed by atoms with Crippen molar-refractivity contribution in [3.63, 3.8) is 0 Å². The molecule has 1 fully saturated rings. The summed E-state index contributed by atoms with van der Waals surface area (Å²) >= 11 is 1.80. The van der Waals surface area contributed by atoms with Crippen LogP contribution in [0.4, 0.5) is 11.4 Å². The monoisotopic (exact) mass is 613 g/mol. The average molecular weight is 614 g/mol. The molecule has 43 heavy (non-hydrogen) atoms. The van der Waals surface area contributed by atoms with Gasteiger partial charge in [0.1, 0.15) is 0 Å². The lowest BCUT2D eigenvalue weighted by atomic mass is 10.1. The molecule has 12 nitrogen and oxygen atoms in total. The zero-order valence-corrected chi connectivity index (χ0v) is 24.7. The second-order valence-electron chi connectivity index (χ2n) is 9.48. The van der Waals surface area contributed by atoms with Gasteiger partial charge in [0.15, 0.2) is 5.78 Å². The lowest BCUT2D eigenvalue weighted by Gasteiger charge is -2.35. The van der Waals surface area contributed by atoms with Crippen LogP contribution in [0.25, 0.3) is 0 Å². The van der Waals surface area contributed by atoms with Gasteiger partial charge in [-0.05, 0) is 51.2 Å². The number of benzene rings is 2. The highest BCUT2D eigenvalue weighted by Gasteiger charge is 2.24. The summed E-state index contributed by atoms with van der Waals surface area (Å²) in [6.07, 6.45) is 3.35. The van der Waals surface area contributed by atoms with E-state index in [2.05, 4.69) is 58.1 Å². The number of ketones is 1. The fourth-order valence-electron chi connectivity index (χ4n) is 4.10. The maximum Gasteiger partial charge on any atom is 0.328 e. The second kappa shape index (κ2) is 17.5. The van der Waals surface area contributed by atoms with E-state index < -0.39 is 23.9 Å². The van der Waals surface area contributed by atoms with Crippen LogP contribution in [0.15, 0.2) is 76.6 Å². The third-order valence-electron chi connectivity index (χ3n) is 6.22. The first-order valence-electron chi connectivity index (χ1n) is 13.3. The highest BCUT2D eigenvalue weighted by molar-refractivity contribution is 7.99. The van der Waals surface area contributed by atoms with E-state index in [9.17, 15) is 24.0 Å². The molecule has 0 bridgehead atoms. The Morgan fingerprint density at radius 3 is 1.74 bits per heavy atom. The number of likely N-dealkylation sites (N-methyl/N-ethyl adjacent to an activating group) is 1. The van der Waals surface area contributed by atoms with Crippen LogP contribution < -0.4 is 4.90 Å². The molecule has 2 aliphatic heterocycles. The Hall–Kier alpha value is -4.46. The standard InChI is InChI=1S/C22H27N3OS.2C4H4O4/c1-17(26)18-8-9-22-20(16-18)25(19-6-3-4-7-21(19)27-22)11-5-10-24-14-12-23(2)13-15-24;2*5-3(6)1-2-4(7)8/h3-4,6-9,16H,5,10-15H2,1-2H3;2*1-2H,(H,5,6)(H,7,8)/b;2*2-1-. The summed E-state index contributed by atoms with van der Waals surface area (Å²) in [7, 11) is 2.20. The quantitative estimate of drug-likeness (QED) is 0.239. The van der Waals surface area contributed by atoms with Gasteiger partial charge in [0, 0.05) is 72.4 Å². The van der Waals surface area contributed by atoms with Crippen LogP contribution in [-0.4, -0.2) is 106 Å². The van der Waals surface area contributed by atoms with E-state index in [4.69, 9.17) is 20.4 Å². The second-order valence-corrected chi connectivity index (χ2v) is 10.6. The van der Waals surface area contributed by atoms with E-state index in [1.54, 1.807) is 18.7 Å². The SMILES string of the molecule is CC(=O)c1ccc2c(c1)N(CCCN1CCN(C)CC1)c1ccccc1S2.O=C(O)/C=C\C(=O)O.O=C(O)/C=C\C(=O)O. The number of hydrogen-bond acceptors (Lipinski definition) is 9. The number of hydrogen-bond donors (Lipinski definition) is 4. The van der Waals surface area contributed by atoms with Crippen molar-refractivity contribution in [3.8, 4) is 0 Å². The molecule has 2 heterocycles. The number of fused-ring (bicyclic) bond motifs is 2. The van der Waals surface area contributed by atoms with Gasteiger partial charge in [-0.2, -0.15) is 0 Å². The number of Topliss-reactive ketones (excluding diaryl/α,β-unsaturated/α-hetero) is 1. The van der Waals surface area contributed by atoms with Gasteiger partial charge in [0.2, 0.25) is 0 Å². The van der Waals surface area contributed by atoms with E-state index in [1.807, 2.05) is 6.07 Å². The van der Waals surface area contributed by atoms with Crippen molar-refractivity contribution >= 4 is 52.8 Å². The van der Waals surface area contributed by atoms with Crippen LogP contribution in [0, 0.1) is 0 Å². The first kappa shape index (κ1) is 34.7. The smallest absolute Gasteiger partial charge is 0.328 e. The van der Waals surface area contributed by atoms with Crippen molar-refractivity contribution in [2.45, 2.75) is 23.1 Å². The minimum atomic E-state index is -1.26. The van der Waals surface area contributed by atoms with Crippen LogP contribution in [-0.2, 0) is 19.2 Å². The Bertz CT molecular complexity index is 1300. The molecule has 0 aliphatic carbocycles. The fraction of sp³-hybridized carbons (Fsp3) is 0.300. The summed E-state index contributed by atoms with van der Waals surface area (Å²) in [4.78, 5) is 60.0. The molecule has 0 radical (unpaired) electrons. The summed E-state index contributed by atoms with van der Waals surface area (Å²) in [5, 5.41) is 31.2. The Morgan fingerprint density at radius 2 is 1.23 bits per heavy atom. The number of carbonyl (C=O) groups is 5. The average Bonchev–Trinajstić information content (AvgIpc) is 2.96. The van der Waals surface area contributed by atoms with Gasteiger partial charge in [-0.15, -0.1) is 0 Å². The molecule has 230 valence electrons. The van der Waals surface area contributed by atoms with Gasteiger partial charge < -0.3 is 35.1 Å². The number of nitrogens with zero attached hydrogens (tertiary/aromatic N) is 3. The first-order chi connectivity index (χ1) is 20.4. The van der Waals surface area contributed by atoms with E-state index in [0.29, 0.717) is 24.3 Å². The molecule has 4 N–H and O–H groups in total. The summed E-state index contributed by atoms with van der Waals surface area (Å²) < 4.78 is 0. The van der Waals surface area contributed by atoms with Crippen LogP contribution >= 0.6 is 11.8 Å². The highest BCUT2D eigenvalue weighted by atomic mass is 32.2. The molecule has 2 aromatic carbocycles. The van der Waals surface area contributed by atoms with E-state index >= 15 is 0 Å². The van der Waals surface area contributed by atoms with Crippen LogP contribution in [0.1, 0.15) is 23.7 Å². The molecule has 0 saturated carbocycles. The lowest BCUT2D eigenvalue weighted by molar-refractivity contribution is -0.134. The Morgan fingerprint density at radius 1 is 0.721 bits per heavy atom. The number of para-hydroxylation sites is 1. The molecule has 0 aromatic heterocycles. The summed E-state index contributed by atoms with van der Waals surface area (Å²) in [5.74, 6) is -4.90. The molecule has 0 amide bonds. The van der Waals surface area contributed by atoms with Crippen molar-refractivity contribution in [2.24, 2.45) is 0 Å². The topological polar surface area (TPSA) is 176 Å². The van der Waals surface area contributed by atoms with Crippen LogP contribution in [0.3, 0.4) is 0 Å². The predicted molar refractivity (Wildman–Crippen MR) is 161 cm³/mol. The Labute approximate surface area is 253 Å². The summed E-state index contributed by atoms with van der Waals surface area (Å²) in [6, 6.07) is 14.7. The van der Waals surface area contributed by atoms with Gasteiger partial charge in [-0.25, -0.2) is 19.2 Å². The zero-order valence-electron chi connectivity index (χ0n) is 23.9. The Kier molecular flexibility index (Phi) is 14.1. The van der Waals surface area contributed by atoms with Crippen molar-refractivity contribution in [1.29, 1.82) is 0 Å². The largest absolute Gasteiger partial charge is 0.478 e. The van der Waals surface area contributed by atoms with Crippen molar-refractivity contribution < 1.29 is 44.4 Å². The number of piperazine rings is 1. The highest BCUT2D eigenvalue weighted by Crippen LogP contribution is 2.48. The molecular formula is C30H35N3O9S. The number of rotatable bonds is 9. The zero-order chi connectivity index (χ0) is 31.9.